The van der Waals surface area contributed by atoms with Crippen molar-refractivity contribution in [3.8, 4) is 0 Å². The Labute approximate surface area is 480 Å². The van der Waals surface area contributed by atoms with Crippen LogP contribution in [0.15, 0.2) is 72.9 Å². The third kappa shape index (κ3) is 44.5. The van der Waals surface area contributed by atoms with E-state index >= 15 is 0 Å². The van der Waals surface area contributed by atoms with Gasteiger partial charge in [-0.3, -0.25) is 14.4 Å². The van der Waals surface area contributed by atoms with Crippen molar-refractivity contribution >= 4 is 23.9 Å². The highest BCUT2D eigenvalue weighted by molar-refractivity contribution is 5.74. The predicted molar refractivity (Wildman–Crippen MR) is 322 cm³/mol. The smallest absolute Gasteiger partial charge is 0.335 e. The molecule has 1 aliphatic heterocycles. The highest BCUT2D eigenvalue weighted by Gasteiger charge is 2.50. The SMILES string of the molecule is CC/C=C\C/C=C\C/C=C\C/C=C\C/C=C\CCCCCC(=O)OCC(COC1OC(C(=O)O)C(O)C(O)C1OC(=O)CCCCCCCCCCCCCCCCC)OC(=O)CCCCCCC/C=C\CCCCCCCC. The summed E-state index contributed by atoms with van der Waals surface area (Å²) in [5.41, 5.74) is 0. The topological polar surface area (TPSA) is 175 Å². The second-order valence-corrected chi connectivity index (χ2v) is 21.7. The van der Waals surface area contributed by atoms with E-state index in [-0.39, 0.29) is 25.9 Å². The van der Waals surface area contributed by atoms with Crippen molar-refractivity contribution in [3.63, 3.8) is 0 Å². The van der Waals surface area contributed by atoms with Gasteiger partial charge in [0.15, 0.2) is 24.6 Å². The molecule has 0 aliphatic carbocycles. The van der Waals surface area contributed by atoms with Crippen molar-refractivity contribution in [2.24, 2.45) is 0 Å². The van der Waals surface area contributed by atoms with Crippen LogP contribution in [-0.2, 0) is 42.9 Å². The van der Waals surface area contributed by atoms with Gasteiger partial charge >= 0.3 is 23.9 Å². The fourth-order valence-electron chi connectivity index (χ4n) is 9.39. The van der Waals surface area contributed by atoms with Gasteiger partial charge in [-0.05, 0) is 89.9 Å². The van der Waals surface area contributed by atoms with E-state index in [4.69, 9.17) is 23.7 Å². The Morgan fingerprint density at radius 1 is 0.430 bits per heavy atom. The second kappa shape index (κ2) is 54.7. The van der Waals surface area contributed by atoms with Gasteiger partial charge in [0.05, 0.1) is 6.61 Å². The number of unbranched alkanes of at least 4 members (excludes halogenated alkanes) is 28. The Kier molecular flexibility index (Phi) is 50.7. The van der Waals surface area contributed by atoms with Crippen molar-refractivity contribution < 1.29 is 58.2 Å². The number of hydrogen-bond acceptors (Lipinski definition) is 11. The number of rotatable bonds is 54. The molecule has 79 heavy (non-hydrogen) atoms. The number of ether oxygens (including phenoxy) is 5. The van der Waals surface area contributed by atoms with Gasteiger partial charge in [-0.25, -0.2) is 4.79 Å². The normalized spacial score (nSPS) is 18.3. The Bertz CT molecular complexity index is 1650. The van der Waals surface area contributed by atoms with E-state index < -0.39 is 67.3 Å². The van der Waals surface area contributed by atoms with Crippen molar-refractivity contribution in [1.29, 1.82) is 0 Å². The third-order valence-electron chi connectivity index (χ3n) is 14.3. The molecule has 1 rings (SSSR count). The number of carboxylic acid groups (broad SMARTS) is 1. The summed E-state index contributed by atoms with van der Waals surface area (Å²) in [5.74, 6) is -3.16. The number of aliphatic hydroxyl groups excluding tert-OH is 2. The summed E-state index contributed by atoms with van der Waals surface area (Å²) in [7, 11) is 0. The molecule has 0 radical (unpaired) electrons. The molecule has 0 aromatic heterocycles. The quantitative estimate of drug-likeness (QED) is 0.0228. The first-order chi connectivity index (χ1) is 38.6. The average molecular weight is 1110 g/mol. The molecule has 0 amide bonds. The van der Waals surface area contributed by atoms with Crippen LogP contribution in [0.2, 0.25) is 0 Å². The van der Waals surface area contributed by atoms with E-state index in [2.05, 4.69) is 93.7 Å². The number of esters is 3. The summed E-state index contributed by atoms with van der Waals surface area (Å²) in [6.07, 6.45) is 57.2. The Hall–Kier alpha value is -3.84. The Balaban J connectivity index is 2.69. The number of carbonyl (C=O) groups excluding carboxylic acids is 3. The van der Waals surface area contributed by atoms with Gasteiger partial charge in [0.2, 0.25) is 0 Å². The van der Waals surface area contributed by atoms with Gasteiger partial charge in [0.1, 0.15) is 18.8 Å². The van der Waals surface area contributed by atoms with Crippen LogP contribution >= 0.6 is 0 Å². The average Bonchev–Trinajstić information content (AvgIpc) is 3.46. The lowest BCUT2D eigenvalue weighted by Gasteiger charge is -2.40. The molecule has 6 atom stereocenters. The summed E-state index contributed by atoms with van der Waals surface area (Å²) in [4.78, 5) is 51.3. The van der Waals surface area contributed by atoms with E-state index in [0.29, 0.717) is 19.3 Å². The van der Waals surface area contributed by atoms with E-state index in [1.165, 1.54) is 103 Å². The van der Waals surface area contributed by atoms with Crippen LogP contribution in [0.1, 0.15) is 278 Å². The zero-order valence-electron chi connectivity index (χ0n) is 50.1. The van der Waals surface area contributed by atoms with Crippen molar-refractivity contribution in [2.45, 2.75) is 314 Å². The predicted octanol–water partition coefficient (Wildman–Crippen LogP) is 16.9. The molecular formula is C67H114O12. The van der Waals surface area contributed by atoms with E-state index in [1.807, 2.05) is 0 Å². The molecule has 3 N–H and O–H groups in total. The van der Waals surface area contributed by atoms with Crippen LogP contribution < -0.4 is 0 Å². The standard InChI is InChI=1S/C67H114O12/c1-4-7-10-13-16-19-22-25-28-29-30-31-34-35-38-41-44-47-50-53-59(68)75-56-58(77-60(69)54-51-48-45-42-39-36-32-26-23-20-17-14-11-8-5-2)57-76-67-65(63(72)62(71)64(79-67)66(73)74)78-61(70)55-52-49-46-43-40-37-33-27-24-21-18-15-12-9-6-3/h7,10,16,19,25-26,28,30-32,35,38,58,62-65,67,71-72H,4-6,8-9,11-15,17-18,20-24,27,29,33-34,36-37,39-57H2,1-3H3,(H,73,74)/b10-7-,19-16-,28-25-,31-30-,32-26-,38-35-. The van der Waals surface area contributed by atoms with Gasteiger partial charge in [-0.1, -0.05) is 241 Å². The van der Waals surface area contributed by atoms with Crippen LogP contribution in [0.4, 0.5) is 0 Å². The van der Waals surface area contributed by atoms with E-state index in [9.17, 15) is 34.5 Å². The lowest BCUT2D eigenvalue weighted by molar-refractivity contribution is -0.301. The maximum Gasteiger partial charge on any atom is 0.335 e. The molecule has 6 unspecified atom stereocenters. The van der Waals surface area contributed by atoms with Crippen LogP contribution in [-0.4, -0.2) is 89.2 Å². The van der Waals surface area contributed by atoms with Crippen LogP contribution in [0, 0.1) is 0 Å². The number of aliphatic carboxylic acids is 1. The van der Waals surface area contributed by atoms with Crippen molar-refractivity contribution in [3.05, 3.63) is 72.9 Å². The highest BCUT2D eigenvalue weighted by Crippen LogP contribution is 2.27. The van der Waals surface area contributed by atoms with Crippen molar-refractivity contribution in [2.75, 3.05) is 13.2 Å². The van der Waals surface area contributed by atoms with Crippen LogP contribution in [0.3, 0.4) is 0 Å². The maximum atomic E-state index is 13.2. The molecule has 0 bridgehead atoms. The van der Waals surface area contributed by atoms with Gasteiger partial charge in [-0.15, -0.1) is 0 Å². The lowest BCUT2D eigenvalue weighted by Crippen LogP contribution is -2.61. The Morgan fingerprint density at radius 3 is 1.24 bits per heavy atom. The fourth-order valence-corrected chi connectivity index (χ4v) is 9.39. The minimum Gasteiger partial charge on any atom is -0.479 e. The third-order valence-corrected chi connectivity index (χ3v) is 14.3. The monoisotopic (exact) mass is 1110 g/mol. The zero-order valence-corrected chi connectivity index (χ0v) is 50.1. The molecule has 1 aliphatic rings. The zero-order chi connectivity index (χ0) is 57.5. The van der Waals surface area contributed by atoms with Gasteiger partial charge in [0, 0.05) is 19.3 Å². The summed E-state index contributed by atoms with van der Waals surface area (Å²) in [6.45, 7) is 5.86. The first-order valence-corrected chi connectivity index (χ1v) is 31.9. The van der Waals surface area contributed by atoms with Gasteiger partial charge < -0.3 is 39.0 Å². The number of allylic oxidation sites excluding steroid dienone is 12. The fraction of sp³-hybridized carbons (Fsp3) is 0.761. The molecule has 0 aromatic carbocycles. The number of carbonyl (C=O) groups is 4. The molecule has 0 saturated carbocycles. The summed E-state index contributed by atoms with van der Waals surface area (Å²) in [5, 5.41) is 31.6. The van der Waals surface area contributed by atoms with Crippen molar-refractivity contribution in [1.82, 2.24) is 0 Å². The number of hydrogen-bond donors (Lipinski definition) is 3. The lowest BCUT2D eigenvalue weighted by atomic mass is 9.98. The minimum atomic E-state index is -1.91. The molecule has 12 nitrogen and oxygen atoms in total. The summed E-state index contributed by atoms with van der Waals surface area (Å²) >= 11 is 0. The van der Waals surface area contributed by atoms with Crippen LogP contribution in [0.25, 0.3) is 0 Å². The molecule has 454 valence electrons. The number of aliphatic hydroxyl groups is 2. The first kappa shape index (κ1) is 73.2. The van der Waals surface area contributed by atoms with Gasteiger partial charge in [0.25, 0.3) is 0 Å². The molecule has 1 heterocycles. The van der Waals surface area contributed by atoms with Gasteiger partial charge in [-0.2, -0.15) is 0 Å². The largest absolute Gasteiger partial charge is 0.479 e. The maximum absolute atomic E-state index is 13.2. The molecule has 1 saturated heterocycles. The second-order valence-electron chi connectivity index (χ2n) is 21.7. The molecule has 0 spiro atoms. The summed E-state index contributed by atoms with van der Waals surface area (Å²) < 4.78 is 28.5. The molecule has 1 fully saturated rings. The highest BCUT2D eigenvalue weighted by atomic mass is 16.7. The molecule has 12 heteroatoms. The minimum absolute atomic E-state index is 0.0581. The molecular weight excluding hydrogens is 997 g/mol. The van der Waals surface area contributed by atoms with Crippen LogP contribution in [0.5, 0.6) is 0 Å². The first-order valence-electron chi connectivity index (χ1n) is 31.9. The van der Waals surface area contributed by atoms with E-state index in [0.717, 1.165) is 116 Å². The molecule has 0 aromatic rings. The Morgan fingerprint density at radius 2 is 0.797 bits per heavy atom. The van der Waals surface area contributed by atoms with E-state index in [1.54, 1.807) is 0 Å². The number of carboxylic acids is 1. The summed E-state index contributed by atoms with van der Waals surface area (Å²) in [6, 6.07) is 0.